The first kappa shape index (κ1) is 33.9. The Morgan fingerprint density at radius 1 is 0.857 bits per heavy atom. The van der Waals surface area contributed by atoms with E-state index in [1.165, 1.54) is 14.2 Å². The molecular weight excluding hydrogens is 630 g/mol. The molecule has 49 heavy (non-hydrogen) atoms. The average Bonchev–Trinajstić information content (AvgIpc) is 3.13. The number of benzene rings is 3. The van der Waals surface area contributed by atoms with Crippen LogP contribution in [0.3, 0.4) is 0 Å². The van der Waals surface area contributed by atoms with E-state index in [0.29, 0.717) is 91.7 Å². The van der Waals surface area contributed by atoms with Crippen LogP contribution in [0.15, 0.2) is 60.7 Å². The molecule has 3 aromatic rings. The number of methoxy groups -OCH3 is 2. The SMILES string of the molecule is COc1cc2ccc1Oc1ccc(cc1OC)C(=O)NCCOc1ccc(cc1)OC1(CCN(C(=O)C3CCC(O)CC3)CC1)C(=O)NC2. The number of piperidine rings is 1. The smallest absolute Gasteiger partial charge is 0.264 e. The molecule has 3 N–H and O–H groups in total. The van der Waals surface area contributed by atoms with E-state index in [4.69, 9.17) is 23.7 Å². The van der Waals surface area contributed by atoms with E-state index in [-0.39, 0.29) is 49.4 Å². The monoisotopic (exact) mass is 673 g/mol. The third-order valence-corrected chi connectivity index (χ3v) is 9.46. The fraction of sp³-hybridized carbons (Fsp3) is 0.432. The Hall–Kier alpha value is -4.97. The first-order valence-electron chi connectivity index (χ1n) is 16.7. The molecule has 7 aliphatic heterocycles. The summed E-state index contributed by atoms with van der Waals surface area (Å²) >= 11 is 0. The number of likely N-dealkylation sites (tertiary alicyclic amines) is 1. The molecule has 0 aromatic heterocycles. The van der Waals surface area contributed by atoms with Crippen molar-refractivity contribution in [1.82, 2.24) is 15.5 Å². The first-order chi connectivity index (χ1) is 23.8. The van der Waals surface area contributed by atoms with Crippen LogP contribution in [-0.2, 0) is 16.1 Å². The van der Waals surface area contributed by atoms with Crippen LogP contribution >= 0.6 is 0 Å². The second-order valence-electron chi connectivity index (χ2n) is 12.6. The van der Waals surface area contributed by atoms with Crippen LogP contribution < -0.4 is 34.3 Å². The van der Waals surface area contributed by atoms with Crippen LogP contribution in [0.2, 0.25) is 0 Å². The molecule has 7 heterocycles. The van der Waals surface area contributed by atoms with Crippen LogP contribution in [0.25, 0.3) is 0 Å². The summed E-state index contributed by atoms with van der Waals surface area (Å²) in [7, 11) is 3.03. The third-order valence-electron chi connectivity index (χ3n) is 9.46. The summed E-state index contributed by atoms with van der Waals surface area (Å²) in [4.78, 5) is 42.1. The maximum absolute atomic E-state index is 14.0. The normalized spacial score (nSPS) is 21.2. The number of nitrogens with one attached hydrogen (secondary N) is 2. The van der Waals surface area contributed by atoms with E-state index in [9.17, 15) is 19.5 Å². The van der Waals surface area contributed by atoms with Gasteiger partial charge in [0.05, 0.1) is 26.9 Å². The van der Waals surface area contributed by atoms with Crippen LogP contribution in [0.1, 0.15) is 54.4 Å². The first-order valence-corrected chi connectivity index (χ1v) is 16.7. The Balaban J connectivity index is 1.24. The van der Waals surface area contributed by atoms with Crippen molar-refractivity contribution in [2.24, 2.45) is 5.92 Å². The Kier molecular flexibility index (Phi) is 10.4. The molecule has 12 heteroatoms. The lowest BCUT2D eigenvalue weighted by Gasteiger charge is -2.42. The van der Waals surface area contributed by atoms with Crippen molar-refractivity contribution in [2.75, 3.05) is 40.5 Å². The number of ether oxygens (including phenoxy) is 5. The molecule has 0 unspecified atom stereocenters. The Bertz CT molecular complexity index is 1650. The summed E-state index contributed by atoms with van der Waals surface area (Å²) in [5, 5.41) is 15.8. The molecular formula is C37H43N3O9. The van der Waals surface area contributed by atoms with E-state index in [2.05, 4.69) is 10.6 Å². The molecule has 1 saturated carbocycles. The van der Waals surface area contributed by atoms with Crippen molar-refractivity contribution in [3.05, 3.63) is 71.8 Å². The molecule has 3 amide bonds. The van der Waals surface area contributed by atoms with Crippen LogP contribution in [0.4, 0.5) is 0 Å². The van der Waals surface area contributed by atoms with Gasteiger partial charge < -0.3 is 44.3 Å². The van der Waals surface area contributed by atoms with Crippen molar-refractivity contribution >= 4 is 17.7 Å². The number of hydrogen-bond donors (Lipinski definition) is 3. The standard InChI is InChI=1S/C37H43N3O9/c1-45-32-21-24-3-13-30(32)48-31-14-6-26(22-33(31)46-2)34(42)38-17-20-47-28-9-11-29(12-10-28)49-37(36(44)39-23-24)15-18-40(19-16-37)35(43)25-4-7-27(41)8-5-25/h3,6,9-14,21-22,25,27,41H,4-5,7-8,15-20,23H2,1-2H3,(H,38,42)(H,39,44). The molecule has 11 rings (SSSR count). The van der Waals surface area contributed by atoms with Crippen LogP contribution in [0, 0.1) is 5.92 Å². The van der Waals surface area contributed by atoms with Gasteiger partial charge >= 0.3 is 0 Å². The molecule has 12 nitrogen and oxygen atoms in total. The highest BCUT2D eigenvalue weighted by Gasteiger charge is 2.45. The van der Waals surface area contributed by atoms with E-state index >= 15 is 0 Å². The molecule has 1 spiro atoms. The van der Waals surface area contributed by atoms with Crippen molar-refractivity contribution in [2.45, 2.75) is 56.8 Å². The Labute approximate surface area is 285 Å². The summed E-state index contributed by atoms with van der Waals surface area (Å²) in [6.07, 6.45) is 2.90. The number of nitrogens with zero attached hydrogens (tertiary/aromatic N) is 1. The summed E-state index contributed by atoms with van der Waals surface area (Å²) < 4.78 is 29.6. The zero-order valence-corrected chi connectivity index (χ0v) is 27.9. The van der Waals surface area contributed by atoms with Gasteiger partial charge in [-0.3, -0.25) is 14.4 Å². The summed E-state index contributed by atoms with van der Waals surface area (Å²) in [6, 6.07) is 17.3. The van der Waals surface area contributed by atoms with Gasteiger partial charge in [0, 0.05) is 44.0 Å². The minimum Gasteiger partial charge on any atom is -0.493 e. The van der Waals surface area contributed by atoms with E-state index in [0.717, 1.165) is 5.56 Å². The van der Waals surface area contributed by atoms with Gasteiger partial charge in [-0.15, -0.1) is 0 Å². The van der Waals surface area contributed by atoms with Crippen molar-refractivity contribution in [3.63, 3.8) is 0 Å². The molecule has 0 atom stereocenters. The van der Waals surface area contributed by atoms with Crippen molar-refractivity contribution in [3.8, 4) is 34.5 Å². The quantitative estimate of drug-likeness (QED) is 0.372. The number of carbonyl (C=O) groups is 3. The summed E-state index contributed by atoms with van der Waals surface area (Å²) in [5.41, 5.74) is -0.0318. The fourth-order valence-corrected chi connectivity index (χ4v) is 6.57. The van der Waals surface area contributed by atoms with Gasteiger partial charge in [-0.25, -0.2) is 0 Å². The number of rotatable bonds is 3. The fourth-order valence-electron chi connectivity index (χ4n) is 6.57. The predicted octanol–water partition coefficient (Wildman–Crippen LogP) is 4.23. The average molecular weight is 674 g/mol. The van der Waals surface area contributed by atoms with Gasteiger partial charge in [-0.05, 0) is 85.8 Å². The van der Waals surface area contributed by atoms with Gasteiger partial charge in [0.15, 0.2) is 28.6 Å². The maximum Gasteiger partial charge on any atom is 0.264 e. The highest BCUT2D eigenvalue weighted by molar-refractivity contribution is 5.95. The second-order valence-corrected chi connectivity index (χ2v) is 12.6. The number of aliphatic hydroxyl groups excluding tert-OH is 1. The summed E-state index contributed by atoms with van der Waals surface area (Å²) in [5.74, 6) is 2.13. The minimum atomic E-state index is -1.21. The highest BCUT2D eigenvalue weighted by atomic mass is 16.5. The van der Waals surface area contributed by atoms with Gasteiger partial charge in [0.1, 0.15) is 18.1 Å². The summed E-state index contributed by atoms with van der Waals surface area (Å²) in [6.45, 7) is 1.45. The number of aliphatic hydroxyl groups is 1. The van der Waals surface area contributed by atoms with E-state index < -0.39 is 5.60 Å². The molecule has 3 aromatic carbocycles. The molecule has 0 radical (unpaired) electrons. The molecule has 1 aliphatic carbocycles. The topological polar surface area (TPSA) is 145 Å². The minimum absolute atomic E-state index is 0.0804. The third kappa shape index (κ3) is 7.86. The van der Waals surface area contributed by atoms with Crippen LogP contribution in [-0.4, -0.2) is 79.9 Å². The number of amides is 3. The van der Waals surface area contributed by atoms with Gasteiger partial charge in [0.2, 0.25) is 5.91 Å². The van der Waals surface area contributed by atoms with Crippen molar-refractivity contribution < 1.29 is 43.2 Å². The van der Waals surface area contributed by atoms with E-state index in [1.807, 2.05) is 11.0 Å². The van der Waals surface area contributed by atoms with Gasteiger partial charge in [-0.2, -0.15) is 0 Å². The molecule has 8 aliphatic rings. The Morgan fingerprint density at radius 2 is 1.51 bits per heavy atom. The second kappa shape index (κ2) is 15.1. The molecule has 1 saturated heterocycles. The zero-order chi connectivity index (χ0) is 34.4. The Morgan fingerprint density at radius 3 is 2.20 bits per heavy atom. The number of hydrogen-bond acceptors (Lipinski definition) is 9. The number of carbonyl (C=O) groups excluding carboxylic acids is 3. The predicted molar refractivity (Wildman–Crippen MR) is 179 cm³/mol. The zero-order valence-electron chi connectivity index (χ0n) is 27.9. The lowest BCUT2D eigenvalue weighted by atomic mass is 9.84. The van der Waals surface area contributed by atoms with Gasteiger partial charge in [0.25, 0.3) is 11.8 Å². The molecule has 260 valence electrons. The van der Waals surface area contributed by atoms with Crippen molar-refractivity contribution in [1.29, 1.82) is 0 Å². The maximum atomic E-state index is 14.0. The van der Waals surface area contributed by atoms with Crippen LogP contribution in [0.5, 0.6) is 34.5 Å². The highest BCUT2D eigenvalue weighted by Crippen LogP contribution is 2.38. The van der Waals surface area contributed by atoms with E-state index in [1.54, 1.807) is 54.6 Å². The largest absolute Gasteiger partial charge is 0.493 e. The van der Waals surface area contributed by atoms with Gasteiger partial charge in [-0.1, -0.05) is 6.07 Å². The lowest BCUT2D eigenvalue weighted by molar-refractivity contribution is -0.149. The lowest BCUT2D eigenvalue weighted by Crippen LogP contribution is -2.58. The molecule has 2 fully saturated rings. The molecule has 6 bridgehead atoms.